The van der Waals surface area contributed by atoms with Crippen molar-refractivity contribution in [3.05, 3.63) is 116 Å². The molecule has 6 aromatic rings. The molecule has 0 spiro atoms. The number of para-hydroxylation sites is 3. The Hall–Kier alpha value is -4.15. The van der Waals surface area contributed by atoms with Gasteiger partial charge in [-0.2, -0.15) is 30.6 Å². The number of anilines is 5. The van der Waals surface area contributed by atoms with Crippen LogP contribution in [0, 0.1) is 18.8 Å². The summed E-state index contributed by atoms with van der Waals surface area (Å²) in [6.45, 7) is 8.76. The summed E-state index contributed by atoms with van der Waals surface area (Å²) in [5, 5.41) is 2.31. The molecule has 0 unspecified atom stereocenters. The SMILES string of the molecule is CN1[CH-]N(c2[c-]c(N(C)c3[c-]c4c(cc3)c3ccccc3n4-c3cc(C(C)(C)C)ccn3)ncc2)c2ccccc21.[Pt]. The summed E-state index contributed by atoms with van der Waals surface area (Å²) in [4.78, 5) is 15.8. The molecule has 1 aliphatic heterocycles. The number of hydrogen-bond donors (Lipinski definition) is 0. The van der Waals surface area contributed by atoms with Gasteiger partial charge in [-0.1, -0.05) is 68.5 Å². The molecule has 0 aliphatic carbocycles. The Bertz CT molecular complexity index is 1920. The molecule has 0 saturated heterocycles. The summed E-state index contributed by atoms with van der Waals surface area (Å²) < 4.78 is 2.22. The predicted molar refractivity (Wildman–Crippen MR) is 169 cm³/mol. The van der Waals surface area contributed by atoms with E-state index in [1.54, 1.807) is 0 Å². The summed E-state index contributed by atoms with van der Waals surface area (Å²) in [7, 11) is 4.07. The van der Waals surface area contributed by atoms with Gasteiger partial charge in [-0.15, -0.1) is 17.5 Å². The zero-order valence-electron chi connectivity index (χ0n) is 24.2. The fourth-order valence-corrected chi connectivity index (χ4v) is 5.57. The van der Waals surface area contributed by atoms with E-state index in [9.17, 15) is 0 Å². The number of nitrogens with zero attached hydrogens (tertiary/aromatic N) is 6. The van der Waals surface area contributed by atoms with Gasteiger partial charge in [0.2, 0.25) is 0 Å². The Balaban J connectivity index is 0.00000316. The molecule has 0 bridgehead atoms. The van der Waals surface area contributed by atoms with E-state index in [1.165, 1.54) is 10.9 Å². The molecule has 4 heterocycles. The average molecular weight is 731 g/mol. The molecule has 7 heteroatoms. The third-order valence-electron chi connectivity index (χ3n) is 7.83. The minimum Gasteiger partial charge on any atom is -0.504 e. The number of benzene rings is 3. The van der Waals surface area contributed by atoms with Crippen LogP contribution in [-0.4, -0.2) is 28.6 Å². The quantitative estimate of drug-likeness (QED) is 0.172. The summed E-state index contributed by atoms with van der Waals surface area (Å²) in [5.41, 5.74) is 7.44. The van der Waals surface area contributed by atoms with Crippen LogP contribution >= 0.6 is 0 Å². The van der Waals surface area contributed by atoms with E-state index in [0.29, 0.717) is 5.82 Å². The number of aromatic nitrogens is 3. The fraction of sp³-hybridized carbons (Fsp3) is 0.171. The van der Waals surface area contributed by atoms with Crippen LogP contribution in [0.3, 0.4) is 0 Å². The third-order valence-corrected chi connectivity index (χ3v) is 7.83. The molecule has 214 valence electrons. The van der Waals surface area contributed by atoms with Crippen molar-refractivity contribution in [1.29, 1.82) is 0 Å². The molecular formula is C35H31N6Pt-3. The van der Waals surface area contributed by atoms with Gasteiger partial charge in [-0.05, 0) is 53.7 Å². The van der Waals surface area contributed by atoms with Crippen molar-refractivity contribution >= 4 is 50.4 Å². The van der Waals surface area contributed by atoms with Crippen LogP contribution in [0.5, 0.6) is 0 Å². The summed E-state index contributed by atoms with van der Waals surface area (Å²) in [5.74, 6) is 1.60. The molecule has 3 aromatic heterocycles. The van der Waals surface area contributed by atoms with Crippen LogP contribution in [0.4, 0.5) is 28.6 Å². The zero-order valence-corrected chi connectivity index (χ0v) is 26.5. The monoisotopic (exact) mass is 730 g/mol. The zero-order chi connectivity index (χ0) is 28.3. The van der Waals surface area contributed by atoms with E-state index in [2.05, 4.69) is 139 Å². The van der Waals surface area contributed by atoms with Gasteiger partial charge in [0.05, 0.1) is 0 Å². The number of pyridine rings is 2. The van der Waals surface area contributed by atoms with Crippen molar-refractivity contribution in [2.45, 2.75) is 26.2 Å². The Morgan fingerprint density at radius 2 is 1.55 bits per heavy atom. The smallest absolute Gasteiger partial charge is 0.135 e. The molecule has 0 fully saturated rings. The summed E-state index contributed by atoms with van der Waals surface area (Å²) >= 11 is 0. The van der Waals surface area contributed by atoms with Crippen LogP contribution < -0.4 is 14.7 Å². The second-order valence-electron chi connectivity index (χ2n) is 11.5. The van der Waals surface area contributed by atoms with Gasteiger partial charge in [0, 0.05) is 57.0 Å². The molecule has 0 amide bonds. The fourth-order valence-electron chi connectivity index (χ4n) is 5.57. The van der Waals surface area contributed by atoms with Crippen LogP contribution in [-0.2, 0) is 26.5 Å². The Morgan fingerprint density at radius 3 is 2.36 bits per heavy atom. The van der Waals surface area contributed by atoms with Crippen LogP contribution in [0.25, 0.3) is 27.6 Å². The maximum Gasteiger partial charge on any atom is 0.135 e. The van der Waals surface area contributed by atoms with Crippen LogP contribution in [0.2, 0.25) is 0 Å². The normalized spacial score (nSPS) is 13.0. The van der Waals surface area contributed by atoms with Gasteiger partial charge in [0.25, 0.3) is 0 Å². The largest absolute Gasteiger partial charge is 0.504 e. The first-order valence-corrected chi connectivity index (χ1v) is 13.8. The van der Waals surface area contributed by atoms with Gasteiger partial charge >= 0.3 is 0 Å². The molecule has 0 radical (unpaired) electrons. The van der Waals surface area contributed by atoms with Crippen molar-refractivity contribution in [3.8, 4) is 5.82 Å². The molecule has 0 saturated carbocycles. The number of rotatable bonds is 4. The van der Waals surface area contributed by atoms with Crippen molar-refractivity contribution < 1.29 is 21.1 Å². The molecule has 3 aromatic carbocycles. The topological polar surface area (TPSA) is 40.4 Å². The molecule has 1 aliphatic rings. The predicted octanol–water partition coefficient (Wildman–Crippen LogP) is 7.94. The molecule has 6 nitrogen and oxygen atoms in total. The van der Waals surface area contributed by atoms with Gasteiger partial charge in [0.1, 0.15) is 5.82 Å². The van der Waals surface area contributed by atoms with E-state index < -0.39 is 0 Å². The van der Waals surface area contributed by atoms with Gasteiger partial charge in [0.15, 0.2) is 0 Å². The van der Waals surface area contributed by atoms with Gasteiger partial charge in [-0.25, -0.2) is 4.98 Å². The maximum absolute atomic E-state index is 4.81. The first-order chi connectivity index (χ1) is 19.8. The first-order valence-electron chi connectivity index (χ1n) is 13.8. The first kappa shape index (κ1) is 28.0. The summed E-state index contributed by atoms with van der Waals surface area (Å²) in [6, 6.07) is 34.6. The Morgan fingerprint density at radius 1 is 0.810 bits per heavy atom. The van der Waals surface area contributed by atoms with Gasteiger partial charge < -0.3 is 19.3 Å². The molecule has 0 atom stereocenters. The van der Waals surface area contributed by atoms with Crippen molar-refractivity contribution in [2.75, 3.05) is 28.8 Å². The minimum absolute atomic E-state index is 0. The third kappa shape index (κ3) is 4.64. The average Bonchev–Trinajstić information content (AvgIpc) is 3.51. The van der Waals surface area contributed by atoms with E-state index in [-0.39, 0.29) is 26.5 Å². The van der Waals surface area contributed by atoms with Crippen molar-refractivity contribution in [3.63, 3.8) is 0 Å². The maximum atomic E-state index is 4.81. The Kier molecular flexibility index (Phi) is 7.06. The van der Waals surface area contributed by atoms with Crippen molar-refractivity contribution in [1.82, 2.24) is 14.5 Å². The second-order valence-corrected chi connectivity index (χ2v) is 11.5. The minimum atomic E-state index is 0. The molecule has 42 heavy (non-hydrogen) atoms. The van der Waals surface area contributed by atoms with E-state index in [0.717, 1.165) is 45.0 Å². The van der Waals surface area contributed by atoms with Crippen LogP contribution in [0.15, 0.2) is 91.3 Å². The standard InChI is InChI=1S/C35H31N6.Pt/c1-35(2,3)24-16-18-37-34(20-24)41-29-11-7-6-10-27(29)28-15-14-25(21-32(28)41)39(5)33-22-26(17-19-36-33)40-23-38(4)30-12-8-9-13-31(30)40;/h6-20,23H,1-5H3;/q-3;. The molecular weight excluding hydrogens is 700 g/mol. The van der Waals surface area contributed by atoms with Crippen molar-refractivity contribution in [2.24, 2.45) is 0 Å². The van der Waals surface area contributed by atoms with E-state index >= 15 is 0 Å². The summed E-state index contributed by atoms with van der Waals surface area (Å²) in [6.07, 6.45) is 3.74. The number of fused-ring (bicyclic) bond motifs is 4. The molecule has 7 rings (SSSR count). The van der Waals surface area contributed by atoms with E-state index in [4.69, 9.17) is 4.98 Å². The Labute approximate surface area is 261 Å². The molecule has 0 N–H and O–H groups in total. The second kappa shape index (κ2) is 10.6. The van der Waals surface area contributed by atoms with Gasteiger partial charge in [-0.3, -0.25) is 4.98 Å². The van der Waals surface area contributed by atoms with E-state index in [1.807, 2.05) is 30.4 Å². The van der Waals surface area contributed by atoms with Crippen LogP contribution in [0.1, 0.15) is 26.3 Å². The number of hydrogen-bond acceptors (Lipinski definition) is 5.